The molecular weight excluding hydrogens is 316 g/mol. The maximum Gasteiger partial charge on any atom is 0.341 e. The molecule has 3 aromatic rings. The molecule has 25 heavy (non-hydrogen) atoms. The summed E-state index contributed by atoms with van der Waals surface area (Å²) in [5.41, 5.74) is 7.46. The molecule has 5 nitrogen and oxygen atoms in total. The van der Waals surface area contributed by atoms with Crippen LogP contribution in [0, 0.1) is 0 Å². The minimum atomic E-state index is -1.04. The average molecular weight is 334 g/mol. The van der Waals surface area contributed by atoms with E-state index in [9.17, 15) is 9.59 Å². The summed E-state index contributed by atoms with van der Waals surface area (Å²) < 4.78 is 7.26. The predicted octanol–water partition coefficient (Wildman–Crippen LogP) is 3.39. The zero-order valence-corrected chi connectivity index (χ0v) is 13.8. The number of aryl methyl sites for hydroxylation is 1. The van der Waals surface area contributed by atoms with Crippen molar-refractivity contribution in [2.24, 2.45) is 7.05 Å². The zero-order valence-electron chi connectivity index (χ0n) is 13.8. The van der Waals surface area contributed by atoms with Gasteiger partial charge < -0.3 is 15.0 Å². The van der Waals surface area contributed by atoms with Crippen molar-refractivity contribution < 1.29 is 14.3 Å². The Bertz CT molecular complexity index is 900. The molecule has 0 aliphatic heterocycles. The van der Waals surface area contributed by atoms with Crippen LogP contribution in [0.2, 0.25) is 0 Å². The summed E-state index contributed by atoms with van der Waals surface area (Å²) in [6, 6.07) is 19.0. The Hall–Kier alpha value is -3.34. The normalized spacial score (nSPS) is 11.7. The number of nitrogen functional groups attached to an aromatic ring is 1. The van der Waals surface area contributed by atoms with Crippen molar-refractivity contribution in [1.82, 2.24) is 4.57 Å². The minimum absolute atomic E-state index is 0.239. The molecule has 0 aliphatic carbocycles. The molecular formula is C20H18N2O3. The van der Waals surface area contributed by atoms with Crippen molar-refractivity contribution in [3.63, 3.8) is 0 Å². The van der Waals surface area contributed by atoms with E-state index in [1.165, 1.54) is 0 Å². The molecule has 0 fully saturated rings. The van der Waals surface area contributed by atoms with Gasteiger partial charge in [-0.25, -0.2) is 4.79 Å². The molecule has 1 unspecified atom stereocenters. The Labute approximate surface area is 145 Å². The number of carbonyl (C=O) groups is 2. The number of hydrogen-bond acceptors (Lipinski definition) is 4. The lowest BCUT2D eigenvalue weighted by molar-refractivity contribution is 0.0278. The van der Waals surface area contributed by atoms with E-state index in [0.717, 1.165) is 0 Å². The Morgan fingerprint density at radius 3 is 2.28 bits per heavy atom. The minimum Gasteiger partial charge on any atom is -0.445 e. The van der Waals surface area contributed by atoms with Crippen LogP contribution >= 0.6 is 0 Å². The van der Waals surface area contributed by atoms with Crippen LogP contribution < -0.4 is 5.73 Å². The molecule has 5 heteroatoms. The smallest absolute Gasteiger partial charge is 0.341 e. The van der Waals surface area contributed by atoms with Crippen LogP contribution in [0.3, 0.4) is 0 Å². The van der Waals surface area contributed by atoms with Gasteiger partial charge in [0, 0.05) is 24.5 Å². The van der Waals surface area contributed by atoms with Gasteiger partial charge in [0.15, 0.2) is 6.10 Å². The van der Waals surface area contributed by atoms with E-state index in [1.807, 2.05) is 6.07 Å². The number of nitrogens with zero attached hydrogens (tertiary/aromatic N) is 1. The summed E-state index contributed by atoms with van der Waals surface area (Å²) in [4.78, 5) is 25.5. The van der Waals surface area contributed by atoms with Gasteiger partial charge in [0.05, 0.1) is 11.3 Å². The molecule has 2 N–H and O–H groups in total. The van der Waals surface area contributed by atoms with Crippen molar-refractivity contribution in [3.05, 3.63) is 89.7 Å². The van der Waals surface area contributed by atoms with E-state index in [2.05, 4.69) is 0 Å². The molecule has 0 aliphatic rings. The van der Waals surface area contributed by atoms with Crippen LogP contribution in [0.15, 0.2) is 72.9 Å². The van der Waals surface area contributed by atoms with Gasteiger partial charge in [0.1, 0.15) is 0 Å². The molecule has 0 spiro atoms. The van der Waals surface area contributed by atoms with E-state index in [4.69, 9.17) is 10.5 Å². The van der Waals surface area contributed by atoms with Gasteiger partial charge in [-0.3, -0.25) is 4.79 Å². The third-order valence-corrected chi connectivity index (χ3v) is 3.94. The fraction of sp³-hybridized carbons (Fsp3) is 0.100. The molecule has 3 rings (SSSR count). The molecule has 0 saturated heterocycles. The standard InChI is InChI=1S/C20H18N2O3/c1-22-13-7-12-17(22)18(23)19(14-8-3-2-4-9-14)25-20(24)15-10-5-6-11-16(15)21/h2-13,19H,21H2,1H3. The number of ether oxygens (including phenoxy) is 1. The quantitative estimate of drug-likeness (QED) is 0.441. The number of nitrogens with two attached hydrogens (primary N) is 1. The average Bonchev–Trinajstić information content (AvgIpc) is 3.06. The highest BCUT2D eigenvalue weighted by molar-refractivity contribution is 6.02. The topological polar surface area (TPSA) is 74.3 Å². The number of benzene rings is 2. The Morgan fingerprint density at radius 1 is 0.960 bits per heavy atom. The monoisotopic (exact) mass is 334 g/mol. The van der Waals surface area contributed by atoms with Crippen LogP contribution in [-0.4, -0.2) is 16.3 Å². The molecule has 0 amide bonds. The molecule has 0 saturated carbocycles. The van der Waals surface area contributed by atoms with Crippen LogP contribution in [-0.2, 0) is 11.8 Å². The Morgan fingerprint density at radius 2 is 1.64 bits per heavy atom. The van der Waals surface area contributed by atoms with Crippen molar-refractivity contribution in [2.45, 2.75) is 6.10 Å². The second kappa shape index (κ2) is 7.05. The second-order valence-electron chi connectivity index (χ2n) is 5.65. The third kappa shape index (κ3) is 3.45. The summed E-state index contributed by atoms with van der Waals surface area (Å²) in [5, 5.41) is 0. The first-order chi connectivity index (χ1) is 12.1. The van der Waals surface area contributed by atoms with Crippen LogP contribution in [0.25, 0.3) is 0 Å². The second-order valence-corrected chi connectivity index (χ2v) is 5.65. The lowest BCUT2D eigenvalue weighted by Crippen LogP contribution is -2.22. The highest BCUT2D eigenvalue weighted by atomic mass is 16.5. The lowest BCUT2D eigenvalue weighted by Gasteiger charge is -2.18. The van der Waals surface area contributed by atoms with E-state index in [-0.39, 0.29) is 11.3 Å². The summed E-state index contributed by atoms with van der Waals surface area (Å²) >= 11 is 0. The zero-order chi connectivity index (χ0) is 17.8. The van der Waals surface area contributed by atoms with E-state index >= 15 is 0 Å². The number of rotatable bonds is 5. The highest BCUT2D eigenvalue weighted by Gasteiger charge is 2.28. The van der Waals surface area contributed by atoms with E-state index in [0.29, 0.717) is 16.9 Å². The van der Waals surface area contributed by atoms with Gasteiger partial charge in [0.2, 0.25) is 5.78 Å². The lowest BCUT2D eigenvalue weighted by atomic mass is 10.0. The van der Waals surface area contributed by atoms with Crippen molar-refractivity contribution in [2.75, 3.05) is 5.73 Å². The predicted molar refractivity (Wildman–Crippen MR) is 95.2 cm³/mol. The van der Waals surface area contributed by atoms with Crippen LogP contribution in [0.5, 0.6) is 0 Å². The van der Waals surface area contributed by atoms with Gasteiger partial charge in [-0.2, -0.15) is 0 Å². The molecule has 0 radical (unpaired) electrons. The fourth-order valence-electron chi connectivity index (χ4n) is 2.61. The number of ketones is 1. The number of aromatic nitrogens is 1. The van der Waals surface area contributed by atoms with Crippen LogP contribution in [0.1, 0.15) is 32.5 Å². The van der Waals surface area contributed by atoms with Crippen molar-refractivity contribution >= 4 is 17.4 Å². The van der Waals surface area contributed by atoms with Gasteiger partial charge >= 0.3 is 5.97 Å². The van der Waals surface area contributed by atoms with Crippen molar-refractivity contribution in [3.8, 4) is 0 Å². The van der Waals surface area contributed by atoms with Gasteiger partial charge in [0.25, 0.3) is 0 Å². The number of para-hydroxylation sites is 1. The number of hydrogen-bond donors (Lipinski definition) is 1. The van der Waals surface area contributed by atoms with Crippen LogP contribution in [0.4, 0.5) is 5.69 Å². The van der Waals surface area contributed by atoms with E-state index < -0.39 is 12.1 Å². The van der Waals surface area contributed by atoms with Gasteiger partial charge in [-0.15, -0.1) is 0 Å². The molecule has 1 heterocycles. The van der Waals surface area contributed by atoms with Gasteiger partial charge in [-0.1, -0.05) is 42.5 Å². The molecule has 1 atom stereocenters. The first kappa shape index (κ1) is 16.5. The first-order valence-corrected chi connectivity index (χ1v) is 7.84. The number of anilines is 1. The number of esters is 1. The number of Topliss-reactive ketones (excluding diaryl/α,β-unsaturated/α-hetero) is 1. The Kier molecular flexibility index (Phi) is 4.66. The first-order valence-electron chi connectivity index (χ1n) is 7.84. The summed E-state index contributed by atoms with van der Waals surface area (Å²) in [6.45, 7) is 0. The van der Waals surface area contributed by atoms with Gasteiger partial charge in [-0.05, 0) is 24.3 Å². The molecule has 2 aromatic carbocycles. The fourth-order valence-corrected chi connectivity index (χ4v) is 2.61. The largest absolute Gasteiger partial charge is 0.445 e. The number of carbonyl (C=O) groups excluding carboxylic acids is 2. The SMILES string of the molecule is Cn1cccc1C(=O)C(OC(=O)c1ccccc1N)c1ccccc1. The molecule has 0 bridgehead atoms. The summed E-state index contributed by atoms with van der Waals surface area (Å²) in [7, 11) is 1.77. The van der Waals surface area contributed by atoms with Crippen molar-refractivity contribution in [1.29, 1.82) is 0 Å². The summed E-state index contributed by atoms with van der Waals surface area (Å²) in [6.07, 6.45) is 0.730. The Balaban J connectivity index is 1.95. The maximum absolute atomic E-state index is 12.9. The van der Waals surface area contributed by atoms with E-state index in [1.54, 1.807) is 78.5 Å². The molecule has 126 valence electrons. The molecule has 1 aromatic heterocycles. The third-order valence-electron chi connectivity index (χ3n) is 3.94. The maximum atomic E-state index is 12.9. The highest BCUT2D eigenvalue weighted by Crippen LogP contribution is 2.25. The summed E-state index contributed by atoms with van der Waals surface area (Å²) in [5.74, 6) is -0.920.